The van der Waals surface area contributed by atoms with Crippen molar-refractivity contribution in [2.24, 2.45) is 0 Å². The van der Waals surface area contributed by atoms with Crippen molar-refractivity contribution in [3.05, 3.63) is 60.0 Å². The predicted octanol–water partition coefficient (Wildman–Crippen LogP) is 2.86. The van der Waals surface area contributed by atoms with Crippen molar-refractivity contribution < 1.29 is 30.9 Å². The largest absolute Gasteiger partial charge is 0.461 e. The average Bonchev–Trinajstić information content (AvgIpc) is 3.30. The highest BCUT2D eigenvalue weighted by Crippen LogP contribution is 2.23. The lowest BCUT2D eigenvalue weighted by Gasteiger charge is -2.09. The number of rotatable bonds is 6. The van der Waals surface area contributed by atoms with Crippen LogP contribution in [-0.4, -0.2) is 25.2 Å². The second-order valence-electron chi connectivity index (χ2n) is 5.14. The van der Waals surface area contributed by atoms with Crippen LogP contribution in [0.1, 0.15) is 16.1 Å². The first-order valence-electron chi connectivity index (χ1n) is 7.28. The lowest BCUT2D eigenvalue weighted by Crippen LogP contribution is -2.26. The summed E-state index contributed by atoms with van der Waals surface area (Å²) in [6, 6.07) is 9.61. The Labute approximate surface area is 146 Å². The summed E-state index contributed by atoms with van der Waals surface area (Å²) in [5.74, 6) is -3.65. The van der Waals surface area contributed by atoms with Gasteiger partial charge in [-0.1, -0.05) is 17.3 Å². The number of carbonyl (C=O) groups excluding carboxylic acids is 1. The van der Waals surface area contributed by atoms with Crippen LogP contribution < -0.4 is 5.32 Å². The van der Waals surface area contributed by atoms with Gasteiger partial charge in [-0.05, 0) is 24.3 Å². The van der Waals surface area contributed by atoms with Crippen LogP contribution in [0.25, 0.3) is 11.5 Å². The first-order chi connectivity index (χ1) is 12.4. The molecule has 0 aliphatic heterocycles. The van der Waals surface area contributed by atoms with E-state index in [1.165, 1.54) is 24.5 Å². The summed E-state index contributed by atoms with van der Waals surface area (Å²) in [6.45, 7) is -0.0912. The Hall–Kier alpha value is -3.01. The molecule has 0 radical (unpaired) electrons. The number of hydrogen-bond acceptors (Lipinski definition) is 6. The van der Waals surface area contributed by atoms with Gasteiger partial charge in [0.1, 0.15) is 5.69 Å². The lowest BCUT2D eigenvalue weighted by atomic mass is 10.2. The standard InChI is InChI=1S/C16H12F2N2O5S/c17-16(18)26(22,23)14-6-2-1-4-11(14)15(21)19-9-10-8-13(25-20-10)12-5-3-7-24-12/h1-8,16H,9H2,(H,19,21). The summed E-state index contributed by atoms with van der Waals surface area (Å²) >= 11 is 0. The molecule has 1 aromatic carbocycles. The number of nitrogens with zero attached hydrogens (tertiary/aromatic N) is 1. The molecule has 1 N–H and O–H groups in total. The van der Waals surface area contributed by atoms with Gasteiger partial charge in [-0.2, -0.15) is 8.78 Å². The molecule has 0 saturated heterocycles. The molecule has 3 rings (SSSR count). The highest BCUT2D eigenvalue weighted by atomic mass is 32.2. The minimum Gasteiger partial charge on any atom is -0.461 e. The Morgan fingerprint density at radius 2 is 1.92 bits per heavy atom. The number of furan rings is 1. The third kappa shape index (κ3) is 3.49. The van der Waals surface area contributed by atoms with Gasteiger partial charge in [-0.15, -0.1) is 0 Å². The number of amides is 1. The SMILES string of the molecule is O=C(NCc1cc(-c2ccco2)on1)c1ccccc1S(=O)(=O)C(F)F. The zero-order valence-electron chi connectivity index (χ0n) is 13.1. The van der Waals surface area contributed by atoms with Gasteiger partial charge in [0.15, 0.2) is 5.76 Å². The summed E-state index contributed by atoms with van der Waals surface area (Å²) in [5, 5.41) is 6.17. The van der Waals surface area contributed by atoms with Crippen LogP contribution >= 0.6 is 0 Å². The Morgan fingerprint density at radius 3 is 2.62 bits per heavy atom. The topological polar surface area (TPSA) is 102 Å². The van der Waals surface area contributed by atoms with E-state index in [1.807, 2.05) is 0 Å². The molecule has 0 aliphatic carbocycles. The fraction of sp³-hybridized carbons (Fsp3) is 0.125. The van der Waals surface area contributed by atoms with Crippen LogP contribution in [0.15, 0.2) is 62.6 Å². The summed E-state index contributed by atoms with van der Waals surface area (Å²) in [4.78, 5) is 11.5. The van der Waals surface area contributed by atoms with Crippen molar-refractivity contribution in [1.82, 2.24) is 10.5 Å². The molecule has 2 heterocycles. The zero-order chi connectivity index (χ0) is 18.7. The normalized spacial score (nSPS) is 11.7. The van der Waals surface area contributed by atoms with E-state index in [0.29, 0.717) is 17.2 Å². The summed E-state index contributed by atoms with van der Waals surface area (Å²) in [7, 11) is -4.90. The molecule has 26 heavy (non-hydrogen) atoms. The number of nitrogens with one attached hydrogen (secondary N) is 1. The van der Waals surface area contributed by atoms with Crippen LogP contribution in [0.5, 0.6) is 0 Å². The van der Waals surface area contributed by atoms with Gasteiger partial charge < -0.3 is 14.3 Å². The smallest absolute Gasteiger partial charge is 0.341 e. The molecule has 7 nitrogen and oxygen atoms in total. The molecule has 0 spiro atoms. The molecular weight excluding hydrogens is 370 g/mol. The number of benzene rings is 1. The number of carbonyl (C=O) groups is 1. The van der Waals surface area contributed by atoms with Crippen molar-refractivity contribution in [3.63, 3.8) is 0 Å². The van der Waals surface area contributed by atoms with E-state index < -0.39 is 26.4 Å². The first-order valence-corrected chi connectivity index (χ1v) is 8.83. The molecular formula is C16H12F2N2O5S. The molecule has 0 bridgehead atoms. The van der Waals surface area contributed by atoms with Crippen LogP contribution in [-0.2, 0) is 16.4 Å². The van der Waals surface area contributed by atoms with E-state index >= 15 is 0 Å². The van der Waals surface area contributed by atoms with E-state index in [4.69, 9.17) is 8.94 Å². The van der Waals surface area contributed by atoms with E-state index in [1.54, 1.807) is 12.1 Å². The molecule has 0 fully saturated rings. The number of halogens is 2. The van der Waals surface area contributed by atoms with Gasteiger partial charge in [0, 0.05) is 6.07 Å². The number of alkyl halides is 2. The third-order valence-electron chi connectivity index (χ3n) is 3.43. The predicted molar refractivity (Wildman–Crippen MR) is 85.0 cm³/mol. The van der Waals surface area contributed by atoms with Gasteiger partial charge in [0.25, 0.3) is 5.91 Å². The van der Waals surface area contributed by atoms with E-state index in [9.17, 15) is 22.0 Å². The minimum absolute atomic E-state index is 0.0912. The maximum absolute atomic E-state index is 12.8. The Balaban J connectivity index is 1.76. The highest BCUT2D eigenvalue weighted by Gasteiger charge is 2.30. The van der Waals surface area contributed by atoms with Crippen LogP contribution in [0.4, 0.5) is 8.78 Å². The van der Waals surface area contributed by atoms with Crippen LogP contribution in [0.3, 0.4) is 0 Å². The molecule has 0 unspecified atom stereocenters. The quantitative estimate of drug-likeness (QED) is 0.703. The zero-order valence-corrected chi connectivity index (χ0v) is 13.9. The molecule has 2 aromatic heterocycles. The number of hydrogen-bond donors (Lipinski definition) is 1. The van der Waals surface area contributed by atoms with Crippen LogP contribution in [0, 0.1) is 0 Å². The molecule has 0 aliphatic rings. The van der Waals surface area contributed by atoms with Crippen LogP contribution in [0.2, 0.25) is 0 Å². The van der Waals surface area contributed by atoms with Crippen molar-refractivity contribution in [1.29, 1.82) is 0 Å². The third-order valence-corrected chi connectivity index (χ3v) is 4.86. The van der Waals surface area contributed by atoms with Crippen molar-refractivity contribution >= 4 is 15.7 Å². The average molecular weight is 382 g/mol. The molecule has 0 saturated carbocycles. The molecule has 0 atom stereocenters. The molecule has 136 valence electrons. The number of sulfone groups is 1. The summed E-state index contributed by atoms with van der Waals surface area (Å²) < 4.78 is 59.2. The van der Waals surface area contributed by atoms with Gasteiger partial charge in [-0.25, -0.2) is 8.42 Å². The van der Waals surface area contributed by atoms with Gasteiger partial charge in [0.2, 0.25) is 15.6 Å². The van der Waals surface area contributed by atoms with E-state index in [-0.39, 0.29) is 12.1 Å². The van der Waals surface area contributed by atoms with E-state index in [2.05, 4.69) is 10.5 Å². The van der Waals surface area contributed by atoms with Crippen molar-refractivity contribution in [2.75, 3.05) is 0 Å². The fourth-order valence-corrected chi connectivity index (χ4v) is 3.12. The van der Waals surface area contributed by atoms with E-state index in [0.717, 1.165) is 12.1 Å². The Kier molecular flexibility index (Phi) is 4.85. The maximum Gasteiger partial charge on any atom is 0.341 e. The fourth-order valence-electron chi connectivity index (χ4n) is 2.19. The number of aromatic nitrogens is 1. The van der Waals surface area contributed by atoms with Gasteiger partial charge >= 0.3 is 5.76 Å². The first kappa shape index (κ1) is 17.8. The summed E-state index contributed by atoms with van der Waals surface area (Å²) in [5.41, 5.74) is -0.0264. The Bertz CT molecular complexity index is 1010. The summed E-state index contributed by atoms with van der Waals surface area (Å²) in [6.07, 6.45) is 1.46. The molecule has 10 heteroatoms. The monoisotopic (exact) mass is 382 g/mol. The van der Waals surface area contributed by atoms with Crippen molar-refractivity contribution in [2.45, 2.75) is 17.2 Å². The molecule has 1 amide bonds. The second kappa shape index (κ2) is 7.08. The maximum atomic E-state index is 12.8. The minimum atomic E-state index is -4.90. The van der Waals surface area contributed by atoms with Crippen molar-refractivity contribution in [3.8, 4) is 11.5 Å². The second-order valence-corrected chi connectivity index (χ2v) is 7.03. The van der Waals surface area contributed by atoms with Gasteiger partial charge in [0.05, 0.1) is 23.3 Å². The highest BCUT2D eigenvalue weighted by molar-refractivity contribution is 7.91. The molecule has 3 aromatic rings. The van der Waals surface area contributed by atoms with Gasteiger partial charge in [-0.3, -0.25) is 4.79 Å². The lowest BCUT2D eigenvalue weighted by molar-refractivity contribution is 0.0946. The Morgan fingerprint density at radius 1 is 1.15 bits per heavy atom.